The molecule has 0 aliphatic carbocycles. The molecular formula is C29H36F5N5O4S. The maximum absolute atomic E-state index is 15.4. The van der Waals surface area contributed by atoms with Gasteiger partial charge in [-0.05, 0) is 57.7 Å². The third-order valence-corrected chi connectivity index (χ3v) is 11.5. The first-order chi connectivity index (χ1) is 20.5. The summed E-state index contributed by atoms with van der Waals surface area (Å²) >= 11 is 0. The summed E-state index contributed by atoms with van der Waals surface area (Å²) < 4.78 is 106. The normalized spacial score (nSPS) is 30.3. The van der Waals surface area contributed by atoms with Crippen molar-refractivity contribution in [2.24, 2.45) is 0 Å². The Morgan fingerprint density at radius 2 is 1.93 bits per heavy atom. The lowest BCUT2D eigenvalue weighted by Gasteiger charge is -2.39. The molecule has 6 rings (SSSR count). The van der Waals surface area contributed by atoms with Crippen LogP contribution in [0, 0.1) is 12.7 Å². The number of hydrogen-bond acceptors (Lipinski definition) is 9. The lowest BCUT2D eigenvalue weighted by molar-refractivity contribution is -0.138. The summed E-state index contributed by atoms with van der Waals surface area (Å²) in [5.41, 5.74) is 0.975. The molecule has 0 bridgehead atoms. The second kappa shape index (κ2) is 10.6. The number of nitrogen functional groups attached to an aromatic ring is 1. The average Bonchev–Trinajstić information content (AvgIpc) is 3.43. The number of anilines is 2. The van der Waals surface area contributed by atoms with Gasteiger partial charge in [0, 0.05) is 43.6 Å². The fourth-order valence-electron chi connectivity index (χ4n) is 7.60. The molecule has 44 heavy (non-hydrogen) atoms. The summed E-state index contributed by atoms with van der Waals surface area (Å²) in [6.07, 6.45) is -3.64. The lowest BCUT2D eigenvalue weighted by Crippen LogP contribution is -2.47. The van der Waals surface area contributed by atoms with E-state index in [-0.39, 0.29) is 42.7 Å². The van der Waals surface area contributed by atoms with E-state index in [2.05, 4.69) is 9.97 Å². The standard InChI is InChI=1S/C29H36F5N5O4S/c1-16-9-19(35)24(31)22(23(16)29(32,33)34)21-10-20-18(13-44(21,41)42)25(38-7-3-5-27(2,40)14-38)37-26(36-20)43-15-28-6-4-8-39(28)12-17(30)11-28/h9,17,21,40H,3-8,10-15,35H2,1-2H3/t17-,21-,27-,28+/m1/s1. The van der Waals surface area contributed by atoms with Gasteiger partial charge in [-0.15, -0.1) is 0 Å². The molecule has 1 aromatic carbocycles. The highest BCUT2D eigenvalue weighted by molar-refractivity contribution is 7.91. The Hall–Kier alpha value is -2.78. The number of β-amino-alcohol motifs (C(OH)–C–C–N with tert-alkyl or cyclic N) is 1. The first-order valence-electron chi connectivity index (χ1n) is 14.8. The molecule has 4 atom stereocenters. The van der Waals surface area contributed by atoms with Crippen molar-refractivity contribution in [1.29, 1.82) is 0 Å². The van der Waals surface area contributed by atoms with Crippen LogP contribution in [0.2, 0.25) is 0 Å². The van der Waals surface area contributed by atoms with E-state index in [9.17, 15) is 31.1 Å². The molecule has 3 N–H and O–H groups in total. The largest absolute Gasteiger partial charge is 0.461 e. The molecule has 4 aliphatic heterocycles. The molecule has 242 valence electrons. The van der Waals surface area contributed by atoms with Crippen molar-refractivity contribution < 1.29 is 40.2 Å². The first kappa shape index (κ1) is 31.2. The molecule has 3 saturated heterocycles. The predicted molar refractivity (Wildman–Crippen MR) is 152 cm³/mol. The monoisotopic (exact) mass is 645 g/mol. The first-order valence-corrected chi connectivity index (χ1v) is 16.5. The molecule has 0 amide bonds. The van der Waals surface area contributed by atoms with Crippen molar-refractivity contribution in [3.8, 4) is 6.01 Å². The third-order valence-electron chi connectivity index (χ3n) is 9.54. The van der Waals surface area contributed by atoms with Crippen molar-refractivity contribution in [2.45, 2.75) is 86.9 Å². The van der Waals surface area contributed by atoms with E-state index >= 15 is 4.39 Å². The van der Waals surface area contributed by atoms with Crippen LogP contribution < -0.4 is 15.4 Å². The van der Waals surface area contributed by atoms with Crippen molar-refractivity contribution >= 4 is 21.3 Å². The van der Waals surface area contributed by atoms with Gasteiger partial charge in [0.2, 0.25) is 0 Å². The molecule has 1 aromatic heterocycles. The van der Waals surface area contributed by atoms with Gasteiger partial charge in [-0.25, -0.2) is 17.2 Å². The Morgan fingerprint density at radius 1 is 1.20 bits per heavy atom. The number of ether oxygens (including phenoxy) is 1. The van der Waals surface area contributed by atoms with Crippen LogP contribution in [0.1, 0.15) is 72.2 Å². The minimum atomic E-state index is -5.05. The Labute approximate surface area is 252 Å². The number of alkyl halides is 4. The smallest absolute Gasteiger partial charge is 0.417 e. The topological polar surface area (TPSA) is 122 Å². The number of aryl methyl sites for hydroxylation is 1. The fourth-order valence-corrected chi connectivity index (χ4v) is 9.49. The van der Waals surface area contributed by atoms with Gasteiger partial charge in [0.25, 0.3) is 0 Å². The summed E-state index contributed by atoms with van der Waals surface area (Å²) in [4.78, 5) is 12.8. The number of rotatable bonds is 5. The molecule has 4 aliphatic rings. The number of sulfone groups is 1. The zero-order valence-electron chi connectivity index (χ0n) is 24.6. The second-order valence-corrected chi connectivity index (χ2v) is 15.2. The van der Waals surface area contributed by atoms with Gasteiger partial charge < -0.3 is 20.5 Å². The van der Waals surface area contributed by atoms with E-state index in [0.29, 0.717) is 25.9 Å². The van der Waals surface area contributed by atoms with Gasteiger partial charge in [0.05, 0.1) is 39.1 Å². The zero-order chi connectivity index (χ0) is 31.8. The third kappa shape index (κ3) is 5.48. The Kier molecular flexibility index (Phi) is 7.55. The Bertz CT molecular complexity index is 1590. The summed E-state index contributed by atoms with van der Waals surface area (Å²) in [6.45, 7) is 4.43. The van der Waals surface area contributed by atoms with Crippen LogP contribution in [-0.2, 0) is 28.2 Å². The van der Waals surface area contributed by atoms with Gasteiger partial charge in [-0.1, -0.05) is 0 Å². The molecule has 0 unspecified atom stereocenters. The quantitative estimate of drug-likeness (QED) is 0.367. The van der Waals surface area contributed by atoms with Gasteiger partial charge in [-0.2, -0.15) is 23.1 Å². The Balaban J connectivity index is 1.44. The predicted octanol–water partition coefficient (Wildman–Crippen LogP) is 4.04. The van der Waals surface area contributed by atoms with Gasteiger partial charge in [0.1, 0.15) is 18.6 Å². The van der Waals surface area contributed by atoms with Gasteiger partial charge in [0.15, 0.2) is 15.7 Å². The van der Waals surface area contributed by atoms with Crippen molar-refractivity contribution in [2.75, 3.05) is 43.4 Å². The molecule has 0 spiro atoms. The second-order valence-electron chi connectivity index (χ2n) is 13.0. The summed E-state index contributed by atoms with van der Waals surface area (Å²) in [6, 6.07) is 0.710. The summed E-state index contributed by atoms with van der Waals surface area (Å²) in [5.74, 6) is -1.98. The van der Waals surface area contributed by atoms with E-state index in [4.69, 9.17) is 10.5 Å². The number of aliphatic hydroxyl groups is 1. The van der Waals surface area contributed by atoms with Gasteiger partial charge in [-0.3, -0.25) is 4.90 Å². The van der Waals surface area contributed by atoms with E-state index in [1.54, 1.807) is 11.8 Å². The molecule has 15 heteroatoms. The van der Waals surface area contributed by atoms with Crippen LogP contribution in [0.5, 0.6) is 6.01 Å². The molecule has 5 heterocycles. The number of halogens is 5. The molecule has 3 fully saturated rings. The number of hydrogen-bond donors (Lipinski definition) is 2. The number of fused-ring (bicyclic) bond motifs is 2. The van der Waals surface area contributed by atoms with Crippen LogP contribution in [0.3, 0.4) is 0 Å². The summed E-state index contributed by atoms with van der Waals surface area (Å²) in [5, 5.41) is 8.88. The highest BCUT2D eigenvalue weighted by atomic mass is 32.2. The number of nitrogens with two attached hydrogens (primary N) is 1. The maximum Gasteiger partial charge on any atom is 0.417 e. The minimum absolute atomic E-state index is 0.0757. The van der Waals surface area contributed by atoms with Crippen molar-refractivity contribution in [3.05, 3.63) is 39.8 Å². The van der Waals surface area contributed by atoms with Gasteiger partial charge >= 0.3 is 12.2 Å². The number of benzene rings is 1. The number of aromatic nitrogens is 2. The highest BCUT2D eigenvalue weighted by Crippen LogP contribution is 2.47. The Morgan fingerprint density at radius 3 is 2.64 bits per heavy atom. The zero-order valence-corrected chi connectivity index (χ0v) is 25.4. The van der Waals surface area contributed by atoms with E-state index in [1.165, 1.54) is 0 Å². The minimum Gasteiger partial charge on any atom is -0.461 e. The molecule has 2 aromatic rings. The van der Waals surface area contributed by atoms with Crippen LogP contribution in [0.4, 0.5) is 33.5 Å². The molecule has 0 radical (unpaired) electrons. The van der Waals surface area contributed by atoms with E-state index < -0.39 is 78.9 Å². The highest BCUT2D eigenvalue weighted by Gasteiger charge is 2.50. The van der Waals surface area contributed by atoms with Crippen LogP contribution in [0.15, 0.2) is 6.07 Å². The molecule has 9 nitrogen and oxygen atoms in total. The number of piperidine rings is 1. The van der Waals surface area contributed by atoms with E-state index in [1.807, 2.05) is 4.90 Å². The average molecular weight is 646 g/mol. The van der Waals surface area contributed by atoms with Crippen LogP contribution in [-0.4, -0.2) is 78.5 Å². The fraction of sp³-hybridized carbons (Fsp3) is 0.655. The van der Waals surface area contributed by atoms with Crippen LogP contribution >= 0.6 is 0 Å². The lowest BCUT2D eigenvalue weighted by atomic mass is 9.93. The van der Waals surface area contributed by atoms with Crippen molar-refractivity contribution in [1.82, 2.24) is 14.9 Å². The molecular weight excluding hydrogens is 609 g/mol. The molecule has 0 saturated carbocycles. The van der Waals surface area contributed by atoms with Crippen LogP contribution in [0.25, 0.3) is 0 Å². The van der Waals surface area contributed by atoms with E-state index in [0.717, 1.165) is 32.4 Å². The summed E-state index contributed by atoms with van der Waals surface area (Å²) in [7, 11) is -4.43. The maximum atomic E-state index is 15.4. The van der Waals surface area contributed by atoms with Crippen molar-refractivity contribution in [3.63, 3.8) is 0 Å². The number of nitrogens with zero attached hydrogens (tertiary/aromatic N) is 4. The SMILES string of the molecule is Cc1cc(N)c(F)c([C@H]2Cc3nc(OC[C@@]45CCCN4C[C@H](F)C5)nc(N4CCC[C@@](C)(O)C4)c3CS2(=O)=O)c1C(F)(F)F.